The van der Waals surface area contributed by atoms with Crippen molar-refractivity contribution in [3.05, 3.63) is 35.4 Å². The average molecular weight is 263 g/mol. The standard InChI is InChI=1S/C16H25NO2/c1-16(2,3)10-6-9-15(19)17-11-13-7-4-5-8-14(13)12-18/h4-5,7-8,18H,6,9-12H2,1-3H3,(H,17,19). The summed E-state index contributed by atoms with van der Waals surface area (Å²) in [5, 5.41) is 12.1. The van der Waals surface area contributed by atoms with E-state index in [1.165, 1.54) is 0 Å². The number of hydrogen-bond donors (Lipinski definition) is 2. The summed E-state index contributed by atoms with van der Waals surface area (Å²) in [6.07, 6.45) is 2.53. The zero-order chi connectivity index (χ0) is 14.3. The van der Waals surface area contributed by atoms with Crippen LogP contribution in [0.25, 0.3) is 0 Å². The molecule has 0 radical (unpaired) electrons. The Morgan fingerprint density at radius 1 is 1.21 bits per heavy atom. The summed E-state index contributed by atoms with van der Waals surface area (Å²) in [6, 6.07) is 7.61. The lowest BCUT2D eigenvalue weighted by Gasteiger charge is -2.17. The Bertz CT molecular complexity index is 407. The number of rotatable bonds is 6. The van der Waals surface area contributed by atoms with Gasteiger partial charge in [-0.2, -0.15) is 0 Å². The number of amides is 1. The molecule has 0 bridgehead atoms. The molecule has 0 aliphatic heterocycles. The molecule has 1 rings (SSSR count). The number of benzene rings is 1. The van der Waals surface area contributed by atoms with Crippen LogP contribution in [-0.4, -0.2) is 11.0 Å². The van der Waals surface area contributed by atoms with Crippen LogP contribution in [0.5, 0.6) is 0 Å². The van der Waals surface area contributed by atoms with E-state index in [9.17, 15) is 9.90 Å². The quantitative estimate of drug-likeness (QED) is 0.829. The van der Waals surface area contributed by atoms with Gasteiger partial charge in [0, 0.05) is 13.0 Å². The minimum absolute atomic E-state index is 0.00999. The van der Waals surface area contributed by atoms with Crippen molar-refractivity contribution in [3.8, 4) is 0 Å². The molecule has 2 N–H and O–H groups in total. The predicted octanol–water partition coefficient (Wildman–Crippen LogP) is 3.01. The van der Waals surface area contributed by atoms with Crippen LogP contribution >= 0.6 is 0 Å². The third kappa shape index (κ3) is 6.39. The van der Waals surface area contributed by atoms with Gasteiger partial charge in [0.1, 0.15) is 0 Å². The Morgan fingerprint density at radius 3 is 2.42 bits per heavy atom. The number of hydrogen-bond acceptors (Lipinski definition) is 2. The van der Waals surface area contributed by atoms with Gasteiger partial charge in [-0.25, -0.2) is 0 Å². The lowest BCUT2D eigenvalue weighted by molar-refractivity contribution is -0.121. The second-order valence-electron chi connectivity index (χ2n) is 6.12. The molecule has 0 spiro atoms. The van der Waals surface area contributed by atoms with E-state index in [-0.39, 0.29) is 17.9 Å². The zero-order valence-electron chi connectivity index (χ0n) is 12.2. The molecule has 3 nitrogen and oxygen atoms in total. The summed E-state index contributed by atoms with van der Waals surface area (Å²) >= 11 is 0. The molecule has 0 aliphatic carbocycles. The fourth-order valence-corrected chi connectivity index (χ4v) is 1.95. The molecule has 0 heterocycles. The maximum Gasteiger partial charge on any atom is 0.220 e. The van der Waals surface area contributed by atoms with Gasteiger partial charge >= 0.3 is 0 Å². The van der Waals surface area contributed by atoms with Crippen molar-refractivity contribution in [1.29, 1.82) is 0 Å². The molecular weight excluding hydrogens is 238 g/mol. The van der Waals surface area contributed by atoms with Gasteiger partial charge in [0.2, 0.25) is 5.91 Å². The number of carbonyl (C=O) groups is 1. The highest BCUT2D eigenvalue weighted by atomic mass is 16.3. The molecule has 0 saturated heterocycles. The molecule has 0 unspecified atom stereocenters. The number of carbonyl (C=O) groups excluding carboxylic acids is 1. The van der Waals surface area contributed by atoms with E-state index >= 15 is 0 Å². The maximum absolute atomic E-state index is 11.7. The van der Waals surface area contributed by atoms with Crippen molar-refractivity contribution >= 4 is 5.91 Å². The SMILES string of the molecule is CC(C)(C)CCCC(=O)NCc1ccccc1CO. The average Bonchev–Trinajstić information content (AvgIpc) is 2.35. The molecule has 19 heavy (non-hydrogen) atoms. The van der Waals surface area contributed by atoms with Crippen molar-refractivity contribution in [2.75, 3.05) is 0 Å². The third-order valence-electron chi connectivity index (χ3n) is 3.10. The molecule has 106 valence electrons. The molecule has 1 aromatic rings. The molecule has 1 amide bonds. The Balaban J connectivity index is 2.34. The lowest BCUT2D eigenvalue weighted by Crippen LogP contribution is -2.23. The smallest absolute Gasteiger partial charge is 0.220 e. The van der Waals surface area contributed by atoms with Crippen LogP contribution < -0.4 is 5.32 Å². The van der Waals surface area contributed by atoms with Crippen LogP contribution in [0, 0.1) is 5.41 Å². The second-order valence-corrected chi connectivity index (χ2v) is 6.12. The number of aliphatic hydroxyl groups is 1. The molecule has 0 atom stereocenters. The van der Waals surface area contributed by atoms with Crippen LogP contribution in [0.1, 0.15) is 51.2 Å². The van der Waals surface area contributed by atoms with E-state index in [2.05, 4.69) is 26.1 Å². The van der Waals surface area contributed by atoms with Crippen LogP contribution in [0.15, 0.2) is 24.3 Å². The molecule has 0 saturated carbocycles. The monoisotopic (exact) mass is 263 g/mol. The summed E-state index contributed by atoms with van der Waals surface area (Å²) in [4.78, 5) is 11.7. The van der Waals surface area contributed by atoms with Gasteiger partial charge in [0.25, 0.3) is 0 Å². The Hall–Kier alpha value is -1.35. The summed E-state index contributed by atoms with van der Waals surface area (Å²) in [5.41, 5.74) is 2.13. The van der Waals surface area contributed by atoms with Gasteiger partial charge in [-0.15, -0.1) is 0 Å². The molecular formula is C16H25NO2. The normalized spacial score (nSPS) is 11.4. The minimum atomic E-state index is 0.00999. The highest BCUT2D eigenvalue weighted by Crippen LogP contribution is 2.21. The summed E-state index contributed by atoms with van der Waals surface area (Å²) in [5.74, 6) is 0.0805. The van der Waals surface area contributed by atoms with E-state index in [0.717, 1.165) is 24.0 Å². The van der Waals surface area contributed by atoms with Crippen LogP contribution in [0.4, 0.5) is 0 Å². The molecule has 1 aromatic carbocycles. The molecule has 3 heteroatoms. The Morgan fingerprint density at radius 2 is 1.84 bits per heavy atom. The molecule has 0 fully saturated rings. The van der Waals surface area contributed by atoms with Gasteiger partial charge in [-0.1, -0.05) is 45.0 Å². The molecule has 0 aromatic heterocycles. The Kier molecular flexibility index (Phi) is 6.03. The largest absolute Gasteiger partial charge is 0.392 e. The van der Waals surface area contributed by atoms with E-state index < -0.39 is 0 Å². The van der Waals surface area contributed by atoms with Crippen LogP contribution in [0.2, 0.25) is 0 Å². The fraction of sp³-hybridized carbons (Fsp3) is 0.562. The second kappa shape index (κ2) is 7.29. The van der Waals surface area contributed by atoms with E-state index in [4.69, 9.17) is 0 Å². The van der Waals surface area contributed by atoms with Gasteiger partial charge in [0.15, 0.2) is 0 Å². The number of aliphatic hydroxyl groups excluding tert-OH is 1. The summed E-state index contributed by atoms with van der Waals surface area (Å²) in [7, 11) is 0. The first-order valence-corrected chi connectivity index (χ1v) is 6.87. The topological polar surface area (TPSA) is 49.3 Å². The van der Waals surface area contributed by atoms with Crippen molar-refractivity contribution in [1.82, 2.24) is 5.32 Å². The highest BCUT2D eigenvalue weighted by molar-refractivity contribution is 5.75. The zero-order valence-corrected chi connectivity index (χ0v) is 12.2. The van der Waals surface area contributed by atoms with E-state index in [1.54, 1.807) is 0 Å². The third-order valence-corrected chi connectivity index (χ3v) is 3.10. The summed E-state index contributed by atoms with van der Waals surface area (Å²) < 4.78 is 0. The van der Waals surface area contributed by atoms with Gasteiger partial charge < -0.3 is 10.4 Å². The first kappa shape index (κ1) is 15.7. The summed E-state index contributed by atoms with van der Waals surface area (Å²) in [6.45, 7) is 7.05. The molecule has 0 aliphatic rings. The number of nitrogens with one attached hydrogen (secondary N) is 1. The van der Waals surface area contributed by atoms with Gasteiger partial charge in [0.05, 0.1) is 6.61 Å². The van der Waals surface area contributed by atoms with E-state index in [0.29, 0.717) is 13.0 Å². The Labute approximate surface area is 116 Å². The first-order chi connectivity index (χ1) is 8.92. The van der Waals surface area contributed by atoms with E-state index in [1.807, 2.05) is 24.3 Å². The van der Waals surface area contributed by atoms with Crippen LogP contribution in [0.3, 0.4) is 0 Å². The van der Waals surface area contributed by atoms with Crippen molar-refractivity contribution in [2.45, 2.75) is 53.2 Å². The first-order valence-electron chi connectivity index (χ1n) is 6.87. The fourth-order valence-electron chi connectivity index (χ4n) is 1.95. The minimum Gasteiger partial charge on any atom is -0.392 e. The van der Waals surface area contributed by atoms with Crippen LogP contribution in [-0.2, 0) is 17.9 Å². The van der Waals surface area contributed by atoms with Crippen molar-refractivity contribution in [2.24, 2.45) is 5.41 Å². The van der Waals surface area contributed by atoms with Gasteiger partial charge in [-0.3, -0.25) is 4.79 Å². The highest BCUT2D eigenvalue weighted by Gasteiger charge is 2.11. The van der Waals surface area contributed by atoms with Gasteiger partial charge in [-0.05, 0) is 29.4 Å². The lowest BCUT2D eigenvalue weighted by atomic mass is 9.90. The predicted molar refractivity (Wildman–Crippen MR) is 77.5 cm³/mol. The van der Waals surface area contributed by atoms with Crippen molar-refractivity contribution in [3.63, 3.8) is 0 Å². The maximum atomic E-state index is 11.7. The van der Waals surface area contributed by atoms with Crippen molar-refractivity contribution < 1.29 is 9.90 Å².